The summed E-state index contributed by atoms with van der Waals surface area (Å²) in [5, 5.41) is 3.97. The van der Waals surface area contributed by atoms with Crippen LogP contribution in [-0.4, -0.2) is 23.6 Å². The van der Waals surface area contributed by atoms with Crippen LogP contribution in [0, 0.1) is 0 Å². The first kappa shape index (κ1) is 14.1. The Morgan fingerprint density at radius 1 is 1.26 bits per heavy atom. The van der Waals surface area contributed by atoms with Crippen molar-refractivity contribution < 1.29 is 4.74 Å². The van der Waals surface area contributed by atoms with E-state index in [1.165, 1.54) is 0 Å². The van der Waals surface area contributed by atoms with Gasteiger partial charge >= 0.3 is 0 Å². The molecule has 4 nitrogen and oxygen atoms in total. The van der Waals surface area contributed by atoms with E-state index >= 15 is 0 Å². The summed E-state index contributed by atoms with van der Waals surface area (Å²) in [6.45, 7) is 2.80. The summed E-state index contributed by atoms with van der Waals surface area (Å²) in [5.74, 6) is 1.40. The maximum atomic E-state index is 5.41. The van der Waals surface area contributed by atoms with Crippen LogP contribution in [-0.2, 0) is 0 Å². The van der Waals surface area contributed by atoms with Crippen LogP contribution in [0.25, 0.3) is 0 Å². The molecule has 0 fully saturated rings. The third-order valence-corrected chi connectivity index (χ3v) is 3.87. The molecule has 6 heteroatoms. The Kier molecular flexibility index (Phi) is 5.04. The molecule has 1 N–H and O–H groups in total. The molecular formula is C13H14BrN3OS. The smallest absolute Gasteiger partial charge is 0.194 e. The van der Waals surface area contributed by atoms with Crippen LogP contribution >= 0.6 is 27.7 Å². The predicted octanol–water partition coefficient (Wildman–Crippen LogP) is 3.83. The van der Waals surface area contributed by atoms with Gasteiger partial charge in [0.1, 0.15) is 11.4 Å². The third kappa shape index (κ3) is 3.61. The normalized spacial score (nSPS) is 10.3. The van der Waals surface area contributed by atoms with E-state index in [1.807, 2.05) is 31.2 Å². The molecule has 0 saturated heterocycles. The van der Waals surface area contributed by atoms with Crippen molar-refractivity contribution in [1.29, 1.82) is 0 Å². The van der Waals surface area contributed by atoms with Crippen molar-refractivity contribution >= 4 is 33.5 Å². The molecule has 1 aromatic heterocycles. The van der Waals surface area contributed by atoms with E-state index in [0.717, 1.165) is 26.8 Å². The minimum Gasteiger partial charge on any atom is -0.490 e. The quantitative estimate of drug-likeness (QED) is 0.838. The minimum atomic E-state index is 0.678. The standard InChI is InChI=1S/C13H14BrN3OS/c1-3-15-12-11(18-2)13(17-8-16-12)19-10-6-4-9(14)5-7-10/h4-8H,3H2,1-2H3,(H,15,16,17). The molecule has 0 amide bonds. The van der Waals surface area contributed by atoms with Crippen molar-refractivity contribution in [3.8, 4) is 5.75 Å². The van der Waals surface area contributed by atoms with Crippen LogP contribution in [0.15, 0.2) is 45.0 Å². The van der Waals surface area contributed by atoms with Crippen LogP contribution in [0.4, 0.5) is 5.82 Å². The van der Waals surface area contributed by atoms with Crippen molar-refractivity contribution in [2.45, 2.75) is 16.8 Å². The molecular weight excluding hydrogens is 326 g/mol. The number of aromatic nitrogens is 2. The first-order valence-electron chi connectivity index (χ1n) is 5.81. The van der Waals surface area contributed by atoms with Crippen molar-refractivity contribution in [2.24, 2.45) is 0 Å². The van der Waals surface area contributed by atoms with Gasteiger partial charge in [-0.1, -0.05) is 27.7 Å². The van der Waals surface area contributed by atoms with Crippen molar-refractivity contribution in [2.75, 3.05) is 19.0 Å². The molecule has 0 aliphatic rings. The van der Waals surface area contributed by atoms with Gasteiger partial charge in [-0.2, -0.15) is 0 Å². The van der Waals surface area contributed by atoms with Crippen LogP contribution in [0.2, 0.25) is 0 Å². The zero-order chi connectivity index (χ0) is 13.7. The molecule has 0 aliphatic heterocycles. The fourth-order valence-electron chi connectivity index (χ4n) is 1.52. The highest BCUT2D eigenvalue weighted by Crippen LogP contribution is 2.36. The molecule has 0 unspecified atom stereocenters. The number of anilines is 1. The predicted molar refractivity (Wildman–Crippen MR) is 81.0 cm³/mol. The number of ether oxygens (including phenoxy) is 1. The number of benzene rings is 1. The average molecular weight is 340 g/mol. The summed E-state index contributed by atoms with van der Waals surface area (Å²) in [6.07, 6.45) is 1.54. The van der Waals surface area contributed by atoms with Crippen molar-refractivity contribution in [3.05, 3.63) is 35.1 Å². The minimum absolute atomic E-state index is 0.678. The number of hydrogen-bond acceptors (Lipinski definition) is 5. The van der Waals surface area contributed by atoms with Gasteiger partial charge in [-0.05, 0) is 31.2 Å². The maximum absolute atomic E-state index is 5.41. The topological polar surface area (TPSA) is 47.0 Å². The largest absolute Gasteiger partial charge is 0.490 e. The Hall–Kier alpha value is -1.27. The van der Waals surface area contributed by atoms with Gasteiger partial charge in [-0.25, -0.2) is 9.97 Å². The molecule has 0 atom stereocenters. The van der Waals surface area contributed by atoms with E-state index in [0.29, 0.717) is 5.75 Å². The SMILES string of the molecule is CCNc1ncnc(Sc2ccc(Br)cc2)c1OC. The lowest BCUT2D eigenvalue weighted by Crippen LogP contribution is -2.03. The van der Waals surface area contributed by atoms with Crippen LogP contribution in [0.3, 0.4) is 0 Å². The Morgan fingerprint density at radius 2 is 2.00 bits per heavy atom. The number of methoxy groups -OCH3 is 1. The molecule has 100 valence electrons. The number of nitrogens with zero attached hydrogens (tertiary/aromatic N) is 2. The number of nitrogens with one attached hydrogen (secondary N) is 1. The Morgan fingerprint density at radius 3 is 2.63 bits per heavy atom. The monoisotopic (exact) mass is 339 g/mol. The second-order valence-electron chi connectivity index (χ2n) is 3.65. The van der Waals surface area contributed by atoms with Gasteiger partial charge in [-0.15, -0.1) is 0 Å². The van der Waals surface area contributed by atoms with E-state index in [4.69, 9.17) is 4.74 Å². The number of halogens is 1. The summed E-state index contributed by atoms with van der Waals surface area (Å²) in [5.41, 5.74) is 0. The second kappa shape index (κ2) is 6.77. The van der Waals surface area contributed by atoms with Gasteiger partial charge < -0.3 is 10.1 Å². The highest BCUT2D eigenvalue weighted by Gasteiger charge is 2.12. The fraction of sp³-hybridized carbons (Fsp3) is 0.231. The molecule has 2 aromatic rings. The summed E-state index contributed by atoms with van der Waals surface area (Å²) in [6, 6.07) is 8.06. The molecule has 0 spiro atoms. The van der Waals surface area contributed by atoms with E-state index in [1.54, 1.807) is 25.2 Å². The summed E-state index contributed by atoms with van der Waals surface area (Å²) >= 11 is 4.97. The van der Waals surface area contributed by atoms with E-state index in [9.17, 15) is 0 Å². The zero-order valence-corrected chi connectivity index (χ0v) is 13.1. The second-order valence-corrected chi connectivity index (χ2v) is 5.62. The Labute approximate surface area is 125 Å². The van der Waals surface area contributed by atoms with Gasteiger partial charge in [-0.3, -0.25) is 0 Å². The molecule has 0 aliphatic carbocycles. The van der Waals surface area contributed by atoms with Crippen molar-refractivity contribution in [1.82, 2.24) is 9.97 Å². The first-order valence-corrected chi connectivity index (χ1v) is 7.41. The lowest BCUT2D eigenvalue weighted by atomic mass is 10.4. The van der Waals surface area contributed by atoms with Crippen LogP contribution in [0.1, 0.15) is 6.92 Å². The van der Waals surface area contributed by atoms with Gasteiger partial charge in [0.05, 0.1) is 7.11 Å². The van der Waals surface area contributed by atoms with Crippen LogP contribution in [0.5, 0.6) is 5.75 Å². The van der Waals surface area contributed by atoms with E-state index in [2.05, 4.69) is 31.2 Å². The lowest BCUT2D eigenvalue weighted by molar-refractivity contribution is 0.400. The first-order chi connectivity index (χ1) is 9.24. The molecule has 0 saturated carbocycles. The van der Waals surface area contributed by atoms with E-state index < -0.39 is 0 Å². The van der Waals surface area contributed by atoms with Crippen molar-refractivity contribution in [3.63, 3.8) is 0 Å². The molecule has 1 aromatic carbocycles. The van der Waals surface area contributed by atoms with Gasteiger partial charge in [0.2, 0.25) is 0 Å². The van der Waals surface area contributed by atoms with Gasteiger partial charge in [0.15, 0.2) is 11.6 Å². The van der Waals surface area contributed by atoms with E-state index in [-0.39, 0.29) is 0 Å². The maximum Gasteiger partial charge on any atom is 0.194 e. The average Bonchev–Trinajstić information content (AvgIpc) is 2.42. The molecule has 1 heterocycles. The summed E-state index contributed by atoms with van der Waals surface area (Å²) in [4.78, 5) is 9.57. The number of rotatable bonds is 5. The number of hydrogen-bond donors (Lipinski definition) is 1. The fourth-order valence-corrected chi connectivity index (χ4v) is 2.65. The molecule has 2 rings (SSSR count). The Bertz CT molecular complexity index is 548. The lowest BCUT2D eigenvalue weighted by Gasteiger charge is -2.11. The zero-order valence-electron chi connectivity index (χ0n) is 10.7. The summed E-state index contributed by atoms with van der Waals surface area (Å²) in [7, 11) is 1.63. The highest BCUT2D eigenvalue weighted by molar-refractivity contribution is 9.10. The van der Waals surface area contributed by atoms with Gasteiger partial charge in [0, 0.05) is 15.9 Å². The third-order valence-electron chi connectivity index (χ3n) is 2.35. The Balaban J connectivity index is 2.28. The molecule has 0 radical (unpaired) electrons. The molecule has 19 heavy (non-hydrogen) atoms. The summed E-state index contributed by atoms with van der Waals surface area (Å²) < 4.78 is 6.46. The molecule has 0 bridgehead atoms. The van der Waals surface area contributed by atoms with Gasteiger partial charge in [0.25, 0.3) is 0 Å². The highest BCUT2D eigenvalue weighted by atomic mass is 79.9. The van der Waals surface area contributed by atoms with Crippen LogP contribution < -0.4 is 10.1 Å².